The summed E-state index contributed by atoms with van der Waals surface area (Å²) < 4.78 is 13.6. The van der Waals surface area contributed by atoms with Crippen molar-refractivity contribution in [2.45, 2.75) is 26.9 Å². The third kappa shape index (κ3) is 3.50. The van der Waals surface area contributed by atoms with Gasteiger partial charge in [0.05, 0.1) is 19.2 Å². The molecule has 2 aromatic rings. The van der Waals surface area contributed by atoms with Crippen LogP contribution in [0.3, 0.4) is 0 Å². The van der Waals surface area contributed by atoms with E-state index in [4.69, 9.17) is 9.47 Å². The quantitative estimate of drug-likeness (QED) is 0.550. The van der Waals surface area contributed by atoms with Crippen molar-refractivity contribution in [3.05, 3.63) is 29.6 Å². The molecule has 0 unspecified atom stereocenters. The van der Waals surface area contributed by atoms with Crippen molar-refractivity contribution in [1.82, 2.24) is 4.57 Å². The Hall–Kier alpha value is -2.41. The summed E-state index contributed by atoms with van der Waals surface area (Å²) in [6, 6.07) is 5.20. The maximum absolute atomic E-state index is 11.7. The number of rotatable bonds is 6. The smallest absolute Gasteiger partial charge is 0.338 e. The first-order valence-electron chi connectivity index (χ1n) is 7.32. The number of aromatic nitrogens is 2. The molecule has 0 atom stereocenters. The lowest BCUT2D eigenvalue weighted by Gasteiger charge is -2.03. The molecule has 1 aromatic heterocycles. The summed E-state index contributed by atoms with van der Waals surface area (Å²) in [6.45, 7) is 4.00. The van der Waals surface area contributed by atoms with E-state index < -0.39 is 5.97 Å². The number of carbonyl (C=O) groups excluding carboxylic acids is 2. The van der Waals surface area contributed by atoms with E-state index in [9.17, 15) is 14.7 Å². The molecule has 7 heteroatoms. The average Bonchev–Trinajstić information content (AvgIpc) is 2.79. The third-order valence-corrected chi connectivity index (χ3v) is 3.69. The minimum Gasteiger partial charge on any atom is -0.852 e. The predicted molar refractivity (Wildman–Crippen MR) is 79.7 cm³/mol. The van der Waals surface area contributed by atoms with Crippen molar-refractivity contribution in [2.75, 3.05) is 20.3 Å². The topological polar surface area (TPSA) is 84.5 Å². The van der Waals surface area contributed by atoms with Gasteiger partial charge >= 0.3 is 11.9 Å². The molecule has 1 aromatic carbocycles. The Bertz CT molecular complexity index is 736. The van der Waals surface area contributed by atoms with Gasteiger partial charge in [-0.25, -0.2) is 13.9 Å². The molecule has 23 heavy (non-hydrogen) atoms. The Balaban J connectivity index is 2.50. The number of fused-ring (bicyclic) bond motifs is 1. The minimum absolute atomic E-state index is 0.222. The Morgan fingerprint density at radius 3 is 2.70 bits per heavy atom. The largest absolute Gasteiger partial charge is 0.852 e. The normalized spacial score (nSPS) is 10.8. The zero-order valence-corrected chi connectivity index (χ0v) is 13.5. The first-order chi connectivity index (χ1) is 11.0. The Labute approximate surface area is 134 Å². The van der Waals surface area contributed by atoms with Gasteiger partial charge in [0, 0.05) is 19.9 Å². The summed E-state index contributed by atoms with van der Waals surface area (Å²) >= 11 is 0. The van der Waals surface area contributed by atoms with Crippen molar-refractivity contribution in [3.8, 4) is 0 Å². The summed E-state index contributed by atoms with van der Waals surface area (Å²) in [5, 5.41) is 11.1. The van der Waals surface area contributed by atoms with Crippen LogP contribution in [-0.2, 0) is 27.4 Å². The van der Waals surface area contributed by atoms with Crippen LogP contribution < -0.4 is 9.67 Å². The molecular formula is C16H20N2O5. The molecule has 0 spiro atoms. The molecule has 0 radical (unpaired) electrons. The van der Waals surface area contributed by atoms with Gasteiger partial charge in [0.2, 0.25) is 0 Å². The summed E-state index contributed by atoms with van der Waals surface area (Å²) in [7, 11) is 1.33. The van der Waals surface area contributed by atoms with Crippen molar-refractivity contribution in [3.63, 3.8) is 0 Å². The highest BCUT2D eigenvalue weighted by Crippen LogP contribution is 2.17. The fraction of sp³-hybridized carbons (Fsp3) is 0.438. The van der Waals surface area contributed by atoms with E-state index >= 15 is 0 Å². The molecule has 0 aliphatic rings. The number of nitrogens with zero attached hydrogens (tertiary/aromatic N) is 2. The average molecular weight is 320 g/mol. The number of benzene rings is 1. The van der Waals surface area contributed by atoms with Crippen molar-refractivity contribution in [1.29, 1.82) is 0 Å². The second-order valence-electron chi connectivity index (χ2n) is 5.09. The first-order valence-corrected chi connectivity index (χ1v) is 7.32. The molecule has 7 nitrogen and oxygen atoms in total. The molecule has 2 rings (SSSR count). The summed E-state index contributed by atoms with van der Waals surface area (Å²) in [4.78, 5) is 22.7. The van der Waals surface area contributed by atoms with Gasteiger partial charge in [-0.15, -0.1) is 6.61 Å². The summed E-state index contributed by atoms with van der Waals surface area (Å²) in [5.41, 5.74) is 2.08. The second-order valence-corrected chi connectivity index (χ2v) is 5.09. The number of ether oxygens (including phenoxy) is 2. The first kappa shape index (κ1) is 17.0. The molecule has 0 fully saturated rings. The number of hydrogen-bond donors (Lipinski definition) is 0. The third-order valence-electron chi connectivity index (χ3n) is 3.69. The fourth-order valence-corrected chi connectivity index (χ4v) is 2.64. The van der Waals surface area contributed by atoms with Crippen LogP contribution in [0.4, 0.5) is 0 Å². The Kier molecular flexibility index (Phi) is 5.33. The van der Waals surface area contributed by atoms with Gasteiger partial charge in [-0.05, 0) is 12.1 Å². The monoisotopic (exact) mass is 320 g/mol. The van der Waals surface area contributed by atoms with Crippen LogP contribution in [-0.4, -0.2) is 36.8 Å². The summed E-state index contributed by atoms with van der Waals surface area (Å²) in [5.74, 6) is 0.0967. The van der Waals surface area contributed by atoms with Gasteiger partial charge in [-0.3, -0.25) is 4.79 Å². The van der Waals surface area contributed by atoms with Gasteiger partial charge in [-0.1, -0.05) is 0 Å². The number of methoxy groups -OCH3 is 1. The maximum Gasteiger partial charge on any atom is 0.338 e. The number of hydrogen-bond acceptors (Lipinski definition) is 5. The standard InChI is InChI=1S/C16H20N2O5/c1-11-17(6-8-19)14-5-4-13(16(21)22-3)10-15(14)18(11)7-9-23-12(2)20/h4-5,10H,6-9H2,1-3H3. The molecule has 0 aliphatic heterocycles. The number of carbonyl (C=O) groups is 2. The van der Waals surface area contributed by atoms with Crippen LogP contribution in [0.25, 0.3) is 11.0 Å². The Morgan fingerprint density at radius 2 is 2.09 bits per heavy atom. The van der Waals surface area contributed by atoms with Gasteiger partial charge in [0.25, 0.3) is 5.82 Å². The zero-order valence-electron chi connectivity index (χ0n) is 13.5. The highest BCUT2D eigenvalue weighted by Gasteiger charge is 2.22. The van der Waals surface area contributed by atoms with Crippen LogP contribution in [0.2, 0.25) is 0 Å². The molecule has 0 N–H and O–H groups in total. The lowest BCUT2D eigenvalue weighted by molar-refractivity contribution is -0.694. The molecule has 1 heterocycles. The lowest BCUT2D eigenvalue weighted by atomic mass is 10.2. The van der Waals surface area contributed by atoms with Gasteiger partial charge in [-0.2, -0.15) is 0 Å². The van der Waals surface area contributed by atoms with E-state index in [0.717, 1.165) is 16.9 Å². The van der Waals surface area contributed by atoms with Crippen LogP contribution in [0.5, 0.6) is 0 Å². The van der Waals surface area contributed by atoms with Crippen LogP contribution in [0, 0.1) is 6.92 Å². The van der Waals surface area contributed by atoms with E-state index in [1.165, 1.54) is 14.0 Å². The van der Waals surface area contributed by atoms with Crippen molar-refractivity contribution < 1.29 is 28.7 Å². The minimum atomic E-state index is -0.423. The van der Waals surface area contributed by atoms with E-state index in [2.05, 4.69) is 0 Å². The van der Waals surface area contributed by atoms with E-state index in [1.54, 1.807) is 18.2 Å². The zero-order chi connectivity index (χ0) is 17.0. The van der Waals surface area contributed by atoms with E-state index in [-0.39, 0.29) is 19.2 Å². The summed E-state index contributed by atoms with van der Waals surface area (Å²) in [6.07, 6.45) is 0. The van der Waals surface area contributed by atoms with E-state index in [0.29, 0.717) is 18.7 Å². The van der Waals surface area contributed by atoms with Crippen LogP contribution in [0.15, 0.2) is 18.2 Å². The maximum atomic E-state index is 11.7. The number of imidazole rings is 1. The highest BCUT2D eigenvalue weighted by molar-refractivity contribution is 5.93. The van der Waals surface area contributed by atoms with Crippen molar-refractivity contribution in [2.24, 2.45) is 0 Å². The van der Waals surface area contributed by atoms with Crippen LogP contribution in [0.1, 0.15) is 23.1 Å². The molecule has 0 amide bonds. The molecule has 0 saturated heterocycles. The molecular weight excluding hydrogens is 300 g/mol. The number of esters is 2. The van der Waals surface area contributed by atoms with Crippen molar-refractivity contribution >= 4 is 23.0 Å². The van der Waals surface area contributed by atoms with E-state index in [1.807, 2.05) is 16.1 Å². The van der Waals surface area contributed by atoms with Gasteiger partial charge < -0.3 is 14.6 Å². The predicted octanol–water partition coefficient (Wildman–Crippen LogP) is -0.0528. The van der Waals surface area contributed by atoms with Gasteiger partial charge in [0.1, 0.15) is 13.2 Å². The molecule has 124 valence electrons. The lowest BCUT2D eigenvalue weighted by Crippen LogP contribution is -2.40. The SMILES string of the molecule is COC(=O)c1ccc2c(c1)n(CCOC(C)=O)c(C)[n+]2CC[O-]. The fourth-order valence-electron chi connectivity index (χ4n) is 2.64. The molecule has 0 bridgehead atoms. The Morgan fingerprint density at radius 1 is 1.35 bits per heavy atom. The van der Waals surface area contributed by atoms with Gasteiger partial charge in [0.15, 0.2) is 11.0 Å². The van der Waals surface area contributed by atoms with Crippen LogP contribution >= 0.6 is 0 Å². The second kappa shape index (κ2) is 7.23. The highest BCUT2D eigenvalue weighted by atomic mass is 16.5. The molecule has 0 saturated carbocycles. The molecule has 0 aliphatic carbocycles.